The van der Waals surface area contributed by atoms with Crippen molar-refractivity contribution in [3.8, 4) is 0 Å². The van der Waals surface area contributed by atoms with Gasteiger partial charge in [-0.15, -0.1) is 0 Å². The molecule has 1 unspecified atom stereocenters. The first-order valence-electron chi connectivity index (χ1n) is 11.0. The summed E-state index contributed by atoms with van der Waals surface area (Å²) in [6.45, 7) is 11.3. The van der Waals surface area contributed by atoms with Crippen molar-refractivity contribution in [2.45, 2.75) is 72.9 Å². The van der Waals surface area contributed by atoms with Gasteiger partial charge < -0.3 is 10.6 Å². The highest BCUT2D eigenvalue weighted by atomic mass is 16.2. The fourth-order valence-electron chi connectivity index (χ4n) is 3.70. The summed E-state index contributed by atoms with van der Waals surface area (Å²) in [7, 11) is 0. The number of nitrogens with zero attached hydrogens (tertiary/aromatic N) is 2. The molecule has 6 nitrogen and oxygen atoms in total. The molecule has 1 heterocycles. The Hall–Kier alpha value is -2.63. The summed E-state index contributed by atoms with van der Waals surface area (Å²) in [4.78, 5) is 24.4. The van der Waals surface area contributed by atoms with Crippen LogP contribution in [0.2, 0.25) is 0 Å². The number of benzene rings is 1. The number of aromatic nitrogens is 2. The average Bonchev–Trinajstić information content (AvgIpc) is 3.49. The van der Waals surface area contributed by atoms with Crippen LogP contribution in [0.5, 0.6) is 0 Å². The van der Waals surface area contributed by atoms with Gasteiger partial charge in [0.25, 0.3) is 0 Å². The lowest BCUT2D eigenvalue weighted by molar-refractivity contribution is -0.121. The Balaban J connectivity index is 1.51. The Labute approximate surface area is 179 Å². The number of anilines is 1. The van der Waals surface area contributed by atoms with E-state index in [9.17, 15) is 9.59 Å². The van der Waals surface area contributed by atoms with Gasteiger partial charge in [-0.3, -0.25) is 14.3 Å². The summed E-state index contributed by atoms with van der Waals surface area (Å²) < 4.78 is 2.05. The van der Waals surface area contributed by atoms with Crippen molar-refractivity contribution in [3.05, 3.63) is 46.8 Å². The molecule has 0 radical (unpaired) electrons. The zero-order valence-corrected chi connectivity index (χ0v) is 18.8. The van der Waals surface area contributed by atoms with Crippen LogP contribution in [-0.2, 0) is 22.6 Å². The van der Waals surface area contributed by atoms with Gasteiger partial charge in [0.2, 0.25) is 11.8 Å². The van der Waals surface area contributed by atoms with E-state index >= 15 is 0 Å². The van der Waals surface area contributed by atoms with Gasteiger partial charge in [0, 0.05) is 30.3 Å². The van der Waals surface area contributed by atoms with Crippen molar-refractivity contribution < 1.29 is 9.59 Å². The average molecular weight is 411 g/mol. The molecule has 30 heavy (non-hydrogen) atoms. The molecule has 2 N–H and O–H groups in total. The highest BCUT2D eigenvalue weighted by Crippen LogP contribution is 2.30. The van der Waals surface area contributed by atoms with Crippen LogP contribution in [0.25, 0.3) is 0 Å². The predicted octanol–water partition coefficient (Wildman–Crippen LogP) is 4.31. The van der Waals surface area contributed by atoms with Crippen LogP contribution in [0, 0.1) is 25.7 Å². The van der Waals surface area contributed by atoms with Gasteiger partial charge >= 0.3 is 0 Å². The van der Waals surface area contributed by atoms with E-state index in [2.05, 4.69) is 41.2 Å². The lowest BCUT2D eigenvalue weighted by Gasteiger charge is -2.15. The smallest absolute Gasteiger partial charge is 0.227 e. The monoisotopic (exact) mass is 410 g/mol. The van der Waals surface area contributed by atoms with Crippen LogP contribution < -0.4 is 10.6 Å². The first kappa shape index (κ1) is 22.1. The standard InChI is InChI=1S/C24H34N4O2/c1-15(2)14-28-18(5)22(17(4)27-28)12-13-23(29)25-16(3)19-8-10-21(11-9-19)26-24(30)20-6-7-20/h8-11,15-16,20H,6-7,12-14H2,1-5H3,(H,25,29)(H,26,30). The van der Waals surface area contributed by atoms with Gasteiger partial charge in [-0.05, 0) is 69.2 Å². The van der Waals surface area contributed by atoms with Crippen molar-refractivity contribution in [2.24, 2.45) is 11.8 Å². The normalized spacial score (nSPS) is 14.6. The molecule has 2 aromatic rings. The van der Waals surface area contributed by atoms with Crippen molar-refractivity contribution in [3.63, 3.8) is 0 Å². The minimum absolute atomic E-state index is 0.0315. The SMILES string of the molecule is Cc1nn(CC(C)C)c(C)c1CCC(=O)NC(C)c1ccc(NC(=O)C2CC2)cc1. The van der Waals surface area contributed by atoms with Gasteiger partial charge in [0.1, 0.15) is 0 Å². The summed E-state index contributed by atoms with van der Waals surface area (Å²) in [5, 5.41) is 10.7. The second kappa shape index (κ2) is 9.45. The highest BCUT2D eigenvalue weighted by Gasteiger charge is 2.29. The fourth-order valence-corrected chi connectivity index (χ4v) is 3.70. The number of rotatable bonds is 9. The molecule has 0 saturated heterocycles. The number of amides is 2. The molecular formula is C24H34N4O2. The maximum atomic E-state index is 12.5. The molecular weight excluding hydrogens is 376 g/mol. The summed E-state index contributed by atoms with van der Waals surface area (Å²) in [5.74, 6) is 0.858. The second-order valence-corrected chi connectivity index (χ2v) is 8.90. The minimum Gasteiger partial charge on any atom is -0.350 e. The zero-order valence-electron chi connectivity index (χ0n) is 18.8. The maximum absolute atomic E-state index is 12.5. The second-order valence-electron chi connectivity index (χ2n) is 8.90. The topological polar surface area (TPSA) is 76.0 Å². The largest absolute Gasteiger partial charge is 0.350 e. The van der Waals surface area contributed by atoms with Gasteiger partial charge in [0.05, 0.1) is 11.7 Å². The van der Waals surface area contributed by atoms with Crippen LogP contribution in [0.4, 0.5) is 5.69 Å². The summed E-state index contributed by atoms with van der Waals surface area (Å²) >= 11 is 0. The van der Waals surface area contributed by atoms with E-state index in [1.807, 2.05) is 38.1 Å². The van der Waals surface area contributed by atoms with Crippen LogP contribution in [-0.4, -0.2) is 21.6 Å². The third-order valence-electron chi connectivity index (χ3n) is 5.68. The fraction of sp³-hybridized carbons (Fsp3) is 0.542. The molecule has 0 bridgehead atoms. The molecule has 2 amide bonds. The van der Waals surface area contributed by atoms with Crippen molar-refractivity contribution in [1.82, 2.24) is 15.1 Å². The molecule has 1 atom stereocenters. The summed E-state index contributed by atoms with van der Waals surface area (Å²) in [6.07, 6.45) is 3.12. The quantitative estimate of drug-likeness (QED) is 0.647. The van der Waals surface area contributed by atoms with Gasteiger partial charge in [-0.1, -0.05) is 26.0 Å². The molecule has 1 aromatic heterocycles. The zero-order chi connectivity index (χ0) is 21.8. The minimum atomic E-state index is -0.0865. The number of carbonyl (C=O) groups is 2. The number of nitrogens with one attached hydrogen (secondary N) is 2. The van der Waals surface area contributed by atoms with E-state index in [-0.39, 0.29) is 23.8 Å². The van der Waals surface area contributed by atoms with Crippen LogP contribution >= 0.6 is 0 Å². The Kier molecular flexibility index (Phi) is 6.95. The van der Waals surface area contributed by atoms with E-state index in [1.54, 1.807) is 0 Å². The van der Waals surface area contributed by atoms with Gasteiger partial charge in [-0.25, -0.2) is 0 Å². The van der Waals surface area contributed by atoms with E-state index in [0.29, 0.717) is 18.8 Å². The van der Waals surface area contributed by atoms with E-state index in [0.717, 1.165) is 42.0 Å². The van der Waals surface area contributed by atoms with Gasteiger partial charge in [-0.2, -0.15) is 5.10 Å². The molecule has 1 aliphatic rings. The molecule has 3 rings (SSSR count). The number of hydrogen-bond acceptors (Lipinski definition) is 3. The van der Waals surface area contributed by atoms with Crippen molar-refractivity contribution in [1.29, 1.82) is 0 Å². The Bertz CT molecular complexity index is 895. The lowest BCUT2D eigenvalue weighted by Crippen LogP contribution is -2.27. The molecule has 1 aliphatic carbocycles. The predicted molar refractivity (Wildman–Crippen MR) is 119 cm³/mol. The molecule has 1 aromatic carbocycles. The lowest BCUT2D eigenvalue weighted by atomic mass is 10.1. The van der Waals surface area contributed by atoms with E-state index in [4.69, 9.17) is 0 Å². The molecule has 6 heteroatoms. The molecule has 0 aliphatic heterocycles. The Morgan fingerprint density at radius 3 is 2.40 bits per heavy atom. The van der Waals surface area contributed by atoms with Crippen LogP contribution in [0.3, 0.4) is 0 Å². The molecule has 162 valence electrons. The first-order valence-corrected chi connectivity index (χ1v) is 11.0. The number of aryl methyl sites for hydroxylation is 1. The van der Waals surface area contributed by atoms with Crippen LogP contribution in [0.1, 0.15) is 68.6 Å². The maximum Gasteiger partial charge on any atom is 0.227 e. The molecule has 0 spiro atoms. The Morgan fingerprint density at radius 1 is 1.13 bits per heavy atom. The van der Waals surface area contributed by atoms with Crippen molar-refractivity contribution in [2.75, 3.05) is 5.32 Å². The highest BCUT2D eigenvalue weighted by molar-refractivity contribution is 5.94. The van der Waals surface area contributed by atoms with Crippen molar-refractivity contribution >= 4 is 17.5 Å². The Morgan fingerprint density at radius 2 is 1.80 bits per heavy atom. The summed E-state index contributed by atoms with van der Waals surface area (Å²) in [5.41, 5.74) is 5.17. The number of carbonyl (C=O) groups excluding carboxylic acids is 2. The van der Waals surface area contributed by atoms with Crippen LogP contribution in [0.15, 0.2) is 24.3 Å². The third kappa shape index (κ3) is 5.71. The first-order chi connectivity index (χ1) is 14.2. The summed E-state index contributed by atoms with van der Waals surface area (Å²) in [6, 6.07) is 7.62. The molecule has 1 fully saturated rings. The van der Waals surface area contributed by atoms with E-state index in [1.165, 1.54) is 5.56 Å². The third-order valence-corrected chi connectivity index (χ3v) is 5.68. The molecule has 1 saturated carbocycles. The van der Waals surface area contributed by atoms with E-state index < -0.39 is 0 Å². The van der Waals surface area contributed by atoms with Gasteiger partial charge in [0.15, 0.2) is 0 Å². The number of hydrogen-bond donors (Lipinski definition) is 2.